The lowest BCUT2D eigenvalue weighted by molar-refractivity contribution is -0.127. The molecule has 0 aromatic carbocycles. The van der Waals surface area contributed by atoms with Gasteiger partial charge in [0.25, 0.3) is 0 Å². The van der Waals surface area contributed by atoms with E-state index in [1.54, 1.807) is 25.9 Å². The van der Waals surface area contributed by atoms with Gasteiger partial charge in [0.05, 0.1) is 0 Å². The van der Waals surface area contributed by atoms with Crippen molar-refractivity contribution in [3.05, 3.63) is 0 Å². The number of hydrogen-bond donors (Lipinski definition) is 3. The highest BCUT2D eigenvalue weighted by atomic mass is 32.2. The van der Waals surface area contributed by atoms with E-state index in [4.69, 9.17) is 4.74 Å². The quantitative estimate of drug-likeness (QED) is 0.271. The molecule has 3 N–H and O–H groups in total. The third-order valence-corrected chi connectivity index (χ3v) is 4.22. The molecule has 0 aliphatic rings. The van der Waals surface area contributed by atoms with Gasteiger partial charge in [0, 0.05) is 39.0 Å². The monoisotopic (exact) mass is 417 g/mol. The highest BCUT2D eigenvalue weighted by molar-refractivity contribution is 7.98. The first-order valence-corrected chi connectivity index (χ1v) is 11.2. The van der Waals surface area contributed by atoms with Crippen LogP contribution in [-0.4, -0.2) is 80.2 Å². The lowest BCUT2D eigenvalue weighted by Gasteiger charge is -2.24. The molecule has 164 valence electrons. The second-order valence-corrected chi connectivity index (χ2v) is 8.72. The van der Waals surface area contributed by atoms with Gasteiger partial charge in [0.1, 0.15) is 12.1 Å². The molecule has 0 saturated heterocycles. The molecule has 0 bridgehead atoms. The smallest absolute Gasteiger partial charge is 0.407 e. The van der Waals surface area contributed by atoms with Gasteiger partial charge in [-0.25, -0.2) is 9.79 Å². The highest BCUT2D eigenvalue weighted by Crippen LogP contribution is 2.07. The number of unbranched alkanes of at least 4 members (excludes halogenated alkanes) is 1. The highest BCUT2D eigenvalue weighted by Gasteiger charge is 2.18. The van der Waals surface area contributed by atoms with Crippen LogP contribution in [-0.2, 0) is 9.53 Å². The summed E-state index contributed by atoms with van der Waals surface area (Å²) in [5, 5.41) is 9.42. The molecule has 0 aliphatic carbocycles. The first-order valence-electron chi connectivity index (χ1n) is 9.79. The molecular formula is C19H39N5O3S. The third kappa shape index (κ3) is 14.4. The number of carbonyl (C=O) groups excluding carboxylic acids is 2. The summed E-state index contributed by atoms with van der Waals surface area (Å²) in [4.78, 5) is 29.7. The van der Waals surface area contributed by atoms with Crippen molar-refractivity contribution < 1.29 is 14.3 Å². The maximum atomic E-state index is 12.0. The molecule has 0 spiro atoms. The molecule has 0 saturated carbocycles. The Bertz CT molecular complexity index is 492. The number of thioether (sulfide) groups is 1. The lowest BCUT2D eigenvalue weighted by Crippen LogP contribution is -2.49. The summed E-state index contributed by atoms with van der Waals surface area (Å²) in [7, 11) is 3.42. The molecule has 28 heavy (non-hydrogen) atoms. The molecule has 0 rings (SSSR count). The zero-order chi connectivity index (χ0) is 21.6. The molecular weight excluding hydrogens is 378 g/mol. The Morgan fingerprint density at radius 3 is 2.43 bits per heavy atom. The number of nitrogens with one attached hydrogen (secondary N) is 3. The van der Waals surface area contributed by atoms with Crippen molar-refractivity contribution in [2.75, 3.05) is 45.7 Å². The van der Waals surface area contributed by atoms with Crippen molar-refractivity contribution in [2.24, 2.45) is 4.99 Å². The normalized spacial score (nSPS) is 12.9. The first kappa shape index (κ1) is 26.4. The summed E-state index contributed by atoms with van der Waals surface area (Å²) >= 11 is 1.73. The summed E-state index contributed by atoms with van der Waals surface area (Å²) in [5.41, 5.74) is -0.533. The van der Waals surface area contributed by atoms with Crippen molar-refractivity contribution in [1.29, 1.82) is 0 Å². The van der Waals surface area contributed by atoms with Crippen LogP contribution in [0, 0.1) is 0 Å². The molecule has 0 fully saturated rings. The molecule has 9 heteroatoms. The van der Waals surface area contributed by atoms with Crippen molar-refractivity contribution in [1.82, 2.24) is 20.9 Å². The first-order chi connectivity index (χ1) is 13.1. The average molecular weight is 418 g/mol. The maximum Gasteiger partial charge on any atom is 0.407 e. The second-order valence-electron chi connectivity index (χ2n) is 7.74. The SMILES string of the molecule is CCCCC(CNC(=O)OC(C)(C)C)NC(=NCC(=O)N(C)C)NCCSC. The van der Waals surface area contributed by atoms with Crippen molar-refractivity contribution >= 4 is 29.7 Å². The molecule has 1 unspecified atom stereocenters. The van der Waals surface area contributed by atoms with E-state index in [1.807, 2.05) is 27.0 Å². The van der Waals surface area contributed by atoms with E-state index in [2.05, 4.69) is 27.9 Å². The lowest BCUT2D eigenvalue weighted by atomic mass is 10.1. The molecule has 2 amide bonds. The Balaban J connectivity index is 4.95. The number of hydrogen-bond acceptors (Lipinski definition) is 5. The standard InChI is InChI=1S/C19H39N5O3S/c1-8-9-10-15(13-22-18(26)27-19(2,3)4)23-17(20-11-12-28-7)21-14-16(25)24(5)6/h15H,8-14H2,1-7H3,(H,22,26)(H2,20,21,23). The molecule has 0 heterocycles. The van der Waals surface area contributed by atoms with Gasteiger partial charge in [-0.1, -0.05) is 19.8 Å². The Morgan fingerprint density at radius 2 is 1.89 bits per heavy atom. The number of rotatable bonds is 11. The number of carbonyl (C=O) groups is 2. The van der Waals surface area contributed by atoms with Gasteiger partial charge >= 0.3 is 6.09 Å². The minimum absolute atomic E-state index is 0.0116. The van der Waals surface area contributed by atoms with E-state index < -0.39 is 11.7 Å². The Kier molecular flexibility index (Phi) is 13.5. The molecule has 0 aromatic heterocycles. The molecule has 0 radical (unpaired) electrons. The summed E-state index contributed by atoms with van der Waals surface area (Å²) < 4.78 is 5.31. The zero-order valence-corrected chi connectivity index (χ0v) is 19.4. The van der Waals surface area contributed by atoms with E-state index in [-0.39, 0.29) is 18.5 Å². The van der Waals surface area contributed by atoms with Crippen molar-refractivity contribution in [2.45, 2.75) is 58.6 Å². The van der Waals surface area contributed by atoms with Crippen LogP contribution in [0.2, 0.25) is 0 Å². The van der Waals surface area contributed by atoms with Crippen LogP contribution in [0.1, 0.15) is 47.0 Å². The van der Waals surface area contributed by atoms with E-state index >= 15 is 0 Å². The Hall–Kier alpha value is -1.64. The molecule has 8 nitrogen and oxygen atoms in total. The molecule has 1 atom stereocenters. The van der Waals surface area contributed by atoms with Gasteiger partial charge in [-0.2, -0.15) is 11.8 Å². The number of alkyl carbamates (subject to hydrolysis) is 1. The van der Waals surface area contributed by atoms with Crippen molar-refractivity contribution in [3.63, 3.8) is 0 Å². The number of amides is 2. The van der Waals surface area contributed by atoms with E-state index in [1.165, 1.54) is 4.90 Å². The van der Waals surface area contributed by atoms with E-state index in [0.29, 0.717) is 12.5 Å². The second kappa shape index (κ2) is 14.4. The van der Waals surface area contributed by atoms with Gasteiger partial charge in [0.15, 0.2) is 5.96 Å². The number of ether oxygens (including phenoxy) is 1. The minimum Gasteiger partial charge on any atom is -0.444 e. The third-order valence-electron chi connectivity index (χ3n) is 3.61. The van der Waals surface area contributed by atoms with Crippen LogP contribution in [0.5, 0.6) is 0 Å². The number of aliphatic imine (C=N–C) groups is 1. The summed E-state index contributed by atoms with van der Waals surface area (Å²) in [6.45, 7) is 8.86. The van der Waals surface area contributed by atoms with Crippen molar-refractivity contribution in [3.8, 4) is 0 Å². The summed E-state index contributed by atoms with van der Waals surface area (Å²) in [6.07, 6.45) is 4.54. The number of likely N-dealkylation sites (N-methyl/N-ethyl adjacent to an activating group) is 1. The maximum absolute atomic E-state index is 12.0. The predicted molar refractivity (Wildman–Crippen MR) is 118 cm³/mol. The summed E-state index contributed by atoms with van der Waals surface area (Å²) in [5.74, 6) is 1.44. The van der Waals surface area contributed by atoms with E-state index in [9.17, 15) is 9.59 Å². The van der Waals surface area contributed by atoms with Gasteiger partial charge in [-0.3, -0.25) is 4.79 Å². The zero-order valence-electron chi connectivity index (χ0n) is 18.6. The Morgan fingerprint density at radius 1 is 1.21 bits per heavy atom. The fraction of sp³-hybridized carbons (Fsp3) is 0.842. The van der Waals surface area contributed by atoms with Crippen LogP contribution in [0.4, 0.5) is 4.79 Å². The number of guanidine groups is 1. The summed E-state index contributed by atoms with van der Waals surface area (Å²) in [6, 6.07) is -0.0116. The van der Waals surface area contributed by atoms with Crippen LogP contribution in [0.25, 0.3) is 0 Å². The van der Waals surface area contributed by atoms with Gasteiger partial charge in [0.2, 0.25) is 5.91 Å². The van der Waals surface area contributed by atoms with Crippen LogP contribution >= 0.6 is 11.8 Å². The van der Waals surface area contributed by atoms with E-state index in [0.717, 1.165) is 31.6 Å². The van der Waals surface area contributed by atoms with Crippen LogP contribution in [0.15, 0.2) is 4.99 Å². The Labute approximate surface area is 174 Å². The van der Waals surface area contributed by atoms with Gasteiger partial charge in [-0.15, -0.1) is 0 Å². The van der Waals surface area contributed by atoms with Crippen LogP contribution in [0.3, 0.4) is 0 Å². The topological polar surface area (TPSA) is 95.1 Å². The largest absolute Gasteiger partial charge is 0.444 e. The fourth-order valence-corrected chi connectivity index (χ4v) is 2.41. The van der Waals surface area contributed by atoms with Crippen LogP contribution < -0.4 is 16.0 Å². The van der Waals surface area contributed by atoms with Gasteiger partial charge < -0.3 is 25.6 Å². The minimum atomic E-state index is -0.533. The number of nitrogens with zero attached hydrogens (tertiary/aromatic N) is 2. The average Bonchev–Trinajstić information content (AvgIpc) is 2.59. The molecule has 0 aromatic rings. The fourth-order valence-electron chi connectivity index (χ4n) is 2.10. The predicted octanol–water partition coefficient (Wildman–Crippen LogP) is 2.06. The molecule has 0 aliphatic heterocycles. The van der Waals surface area contributed by atoms with Gasteiger partial charge in [-0.05, 0) is 33.4 Å².